The van der Waals surface area contributed by atoms with E-state index in [2.05, 4.69) is 12.2 Å². The predicted molar refractivity (Wildman–Crippen MR) is 69.8 cm³/mol. The van der Waals surface area contributed by atoms with Crippen molar-refractivity contribution < 1.29 is 5.11 Å². The fourth-order valence-corrected chi connectivity index (χ4v) is 1.76. The second kappa shape index (κ2) is 6.61. The molecule has 0 spiro atoms. The fourth-order valence-electron chi connectivity index (χ4n) is 1.58. The van der Waals surface area contributed by atoms with Crippen molar-refractivity contribution in [3.63, 3.8) is 0 Å². The molecule has 0 aliphatic heterocycles. The Labute approximate surface area is 102 Å². The van der Waals surface area contributed by atoms with Crippen LogP contribution in [0.5, 0.6) is 0 Å². The van der Waals surface area contributed by atoms with Gasteiger partial charge in [-0.1, -0.05) is 24.9 Å². The van der Waals surface area contributed by atoms with Crippen molar-refractivity contribution >= 4 is 23.0 Å². The number of benzene rings is 1. The number of aliphatic hydroxyl groups excluding tert-OH is 1. The number of rotatable bonds is 6. The van der Waals surface area contributed by atoms with E-state index in [9.17, 15) is 0 Å². The third-order valence-electron chi connectivity index (χ3n) is 2.71. The van der Waals surface area contributed by atoms with Crippen molar-refractivity contribution in [3.05, 3.63) is 23.2 Å². The highest BCUT2D eigenvalue weighted by Crippen LogP contribution is 2.23. The van der Waals surface area contributed by atoms with Gasteiger partial charge in [0, 0.05) is 18.2 Å². The van der Waals surface area contributed by atoms with Gasteiger partial charge < -0.3 is 16.2 Å². The Balaban J connectivity index is 2.53. The van der Waals surface area contributed by atoms with E-state index in [0.717, 1.165) is 25.1 Å². The molecule has 1 rings (SSSR count). The lowest BCUT2D eigenvalue weighted by Crippen LogP contribution is -2.15. The molecule has 0 fully saturated rings. The molecule has 16 heavy (non-hydrogen) atoms. The number of hydrogen-bond acceptors (Lipinski definition) is 3. The minimum Gasteiger partial charge on any atom is -0.397 e. The molecule has 0 radical (unpaired) electrons. The molecule has 0 saturated heterocycles. The predicted octanol–water partition coefficient (Wildman–Crippen LogP) is 2.74. The van der Waals surface area contributed by atoms with Gasteiger partial charge in [0.2, 0.25) is 0 Å². The Morgan fingerprint density at radius 3 is 2.81 bits per heavy atom. The lowest BCUT2D eigenvalue weighted by Gasteiger charge is -2.16. The van der Waals surface area contributed by atoms with Crippen molar-refractivity contribution in [2.75, 3.05) is 24.2 Å². The molecule has 1 unspecified atom stereocenters. The zero-order chi connectivity index (χ0) is 12.0. The minimum atomic E-state index is 0.232. The van der Waals surface area contributed by atoms with Gasteiger partial charge in [-0.05, 0) is 30.5 Å². The van der Waals surface area contributed by atoms with E-state index in [0.29, 0.717) is 16.6 Å². The standard InChI is InChI=1S/C12H19ClN2O/c1-2-9(5-6-16)8-15-12-4-3-10(13)7-11(12)14/h3-4,7,9,15-16H,2,5-6,8,14H2,1H3. The number of aliphatic hydroxyl groups is 1. The van der Waals surface area contributed by atoms with Crippen LogP contribution < -0.4 is 11.1 Å². The summed E-state index contributed by atoms with van der Waals surface area (Å²) >= 11 is 5.82. The molecule has 4 heteroatoms. The van der Waals surface area contributed by atoms with Crippen LogP contribution >= 0.6 is 11.6 Å². The van der Waals surface area contributed by atoms with Gasteiger partial charge in [-0.25, -0.2) is 0 Å². The van der Waals surface area contributed by atoms with Gasteiger partial charge in [0.1, 0.15) is 0 Å². The summed E-state index contributed by atoms with van der Waals surface area (Å²) in [6.07, 6.45) is 1.86. The van der Waals surface area contributed by atoms with E-state index in [1.54, 1.807) is 6.07 Å². The van der Waals surface area contributed by atoms with Crippen LogP contribution in [-0.4, -0.2) is 18.3 Å². The Hall–Kier alpha value is -0.930. The van der Waals surface area contributed by atoms with E-state index in [-0.39, 0.29) is 6.61 Å². The van der Waals surface area contributed by atoms with Crippen LogP contribution in [0.4, 0.5) is 11.4 Å². The summed E-state index contributed by atoms with van der Waals surface area (Å²) < 4.78 is 0. The average molecular weight is 243 g/mol. The number of nitrogens with two attached hydrogens (primary N) is 1. The molecule has 4 N–H and O–H groups in total. The summed E-state index contributed by atoms with van der Waals surface area (Å²) in [6, 6.07) is 5.42. The van der Waals surface area contributed by atoms with Crippen molar-refractivity contribution in [1.82, 2.24) is 0 Å². The fraction of sp³-hybridized carbons (Fsp3) is 0.500. The summed E-state index contributed by atoms with van der Waals surface area (Å²) in [5.41, 5.74) is 7.39. The maximum absolute atomic E-state index is 8.89. The molecule has 0 aliphatic rings. The number of nitrogens with one attached hydrogen (secondary N) is 1. The highest BCUT2D eigenvalue weighted by Gasteiger charge is 2.06. The minimum absolute atomic E-state index is 0.232. The number of anilines is 2. The number of halogens is 1. The van der Waals surface area contributed by atoms with E-state index in [1.807, 2.05) is 12.1 Å². The molecule has 0 aliphatic carbocycles. The summed E-state index contributed by atoms with van der Waals surface area (Å²) in [5.74, 6) is 0.472. The molecule has 0 saturated carbocycles. The van der Waals surface area contributed by atoms with Crippen LogP contribution in [0.1, 0.15) is 19.8 Å². The normalized spacial score (nSPS) is 12.4. The molecule has 0 aromatic heterocycles. The molecule has 1 aromatic rings. The maximum atomic E-state index is 8.89. The average Bonchev–Trinajstić information content (AvgIpc) is 2.26. The summed E-state index contributed by atoms with van der Waals surface area (Å²) in [5, 5.41) is 12.8. The zero-order valence-corrected chi connectivity index (χ0v) is 10.3. The molecule has 1 atom stereocenters. The molecule has 0 heterocycles. The molecule has 0 amide bonds. The van der Waals surface area contributed by atoms with Gasteiger partial charge in [-0.3, -0.25) is 0 Å². The lowest BCUT2D eigenvalue weighted by atomic mass is 10.0. The largest absolute Gasteiger partial charge is 0.397 e. The first-order valence-corrected chi connectivity index (χ1v) is 5.95. The molecular formula is C12H19ClN2O. The third-order valence-corrected chi connectivity index (χ3v) is 2.94. The van der Waals surface area contributed by atoms with Gasteiger partial charge in [-0.15, -0.1) is 0 Å². The van der Waals surface area contributed by atoms with Gasteiger partial charge in [-0.2, -0.15) is 0 Å². The van der Waals surface area contributed by atoms with Crippen LogP contribution in [0.25, 0.3) is 0 Å². The highest BCUT2D eigenvalue weighted by atomic mass is 35.5. The first kappa shape index (κ1) is 13.1. The summed E-state index contributed by atoms with van der Waals surface area (Å²) in [4.78, 5) is 0. The van der Waals surface area contributed by atoms with Crippen molar-refractivity contribution in [2.24, 2.45) is 5.92 Å². The van der Waals surface area contributed by atoms with Gasteiger partial charge in [0.05, 0.1) is 11.4 Å². The Kier molecular flexibility index (Phi) is 5.43. The van der Waals surface area contributed by atoms with Crippen molar-refractivity contribution in [3.8, 4) is 0 Å². The first-order valence-electron chi connectivity index (χ1n) is 5.57. The quantitative estimate of drug-likeness (QED) is 0.673. The van der Waals surface area contributed by atoms with Crippen molar-refractivity contribution in [2.45, 2.75) is 19.8 Å². The van der Waals surface area contributed by atoms with E-state index < -0.39 is 0 Å². The van der Waals surface area contributed by atoms with Crippen LogP contribution in [0.15, 0.2) is 18.2 Å². The first-order chi connectivity index (χ1) is 7.67. The number of hydrogen-bond donors (Lipinski definition) is 3. The Morgan fingerprint density at radius 1 is 1.50 bits per heavy atom. The summed E-state index contributed by atoms with van der Waals surface area (Å²) in [7, 11) is 0. The Bertz CT molecular complexity index is 331. The van der Waals surface area contributed by atoms with Crippen LogP contribution in [0, 0.1) is 5.92 Å². The van der Waals surface area contributed by atoms with Crippen molar-refractivity contribution in [1.29, 1.82) is 0 Å². The second-order valence-corrected chi connectivity index (χ2v) is 4.34. The topological polar surface area (TPSA) is 58.3 Å². The number of nitrogen functional groups attached to an aromatic ring is 1. The molecule has 0 bridgehead atoms. The van der Waals surface area contributed by atoms with Gasteiger partial charge in [0.15, 0.2) is 0 Å². The van der Waals surface area contributed by atoms with Gasteiger partial charge in [0.25, 0.3) is 0 Å². The Morgan fingerprint density at radius 2 is 2.25 bits per heavy atom. The lowest BCUT2D eigenvalue weighted by molar-refractivity contribution is 0.258. The van der Waals surface area contributed by atoms with E-state index >= 15 is 0 Å². The van der Waals surface area contributed by atoms with E-state index in [1.165, 1.54) is 0 Å². The molecular weight excluding hydrogens is 224 g/mol. The zero-order valence-electron chi connectivity index (χ0n) is 9.54. The van der Waals surface area contributed by atoms with Crippen LogP contribution in [0.2, 0.25) is 5.02 Å². The smallest absolute Gasteiger partial charge is 0.0575 e. The molecule has 3 nitrogen and oxygen atoms in total. The summed E-state index contributed by atoms with van der Waals surface area (Å²) in [6.45, 7) is 3.17. The monoisotopic (exact) mass is 242 g/mol. The maximum Gasteiger partial charge on any atom is 0.0575 e. The second-order valence-electron chi connectivity index (χ2n) is 3.90. The SMILES string of the molecule is CCC(CCO)CNc1ccc(Cl)cc1N. The highest BCUT2D eigenvalue weighted by molar-refractivity contribution is 6.31. The van der Waals surface area contributed by atoms with Gasteiger partial charge >= 0.3 is 0 Å². The van der Waals surface area contributed by atoms with E-state index in [4.69, 9.17) is 22.4 Å². The molecule has 90 valence electrons. The van der Waals surface area contributed by atoms with Crippen LogP contribution in [0.3, 0.4) is 0 Å². The molecule has 1 aromatic carbocycles. The van der Waals surface area contributed by atoms with Crippen LogP contribution in [-0.2, 0) is 0 Å². The third kappa shape index (κ3) is 3.91.